The molecule has 4 unspecified atom stereocenters. The van der Waals surface area contributed by atoms with Crippen LogP contribution in [0.5, 0.6) is 0 Å². The van der Waals surface area contributed by atoms with E-state index in [1.165, 1.54) is 12.8 Å². The van der Waals surface area contributed by atoms with Crippen molar-refractivity contribution in [2.75, 3.05) is 19.9 Å². The first-order chi connectivity index (χ1) is 44.0. The number of alkyl carbamates (subject to hydrolysis) is 2. The molecule has 20 heteroatoms. The zero-order valence-electron chi connectivity index (χ0n) is 51.8. The Bertz CT molecular complexity index is 3340. The van der Waals surface area contributed by atoms with E-state index >= 15 is 0 Å². The first-order valence-corrected chi connectivity index (χ1v) is 32.6. The highest BCUT2D eigenvalue weighted by Gasteiger charge is 2.52. The molecule has 8 N–H and O–H groups in total. The predicted octanol–water partition coefficient (Wildman–Crippen LogP) is 9.61. The fourth-order valence-electron chi connectivity index (χ4n) is 16.5. The topological polar surface area (TPSA) is 277 Å². The van der Waals surface area contributed by atoms with E-state index in [0.717, 1.165) is 84.3 Å². The lowest BCUT2D eigenvalue weighted by molar-refractivity contribution is -0.168. The number of benzene rings is 4. The SMILES string of the molecule is CC(Cc1c[nH]c2ccccc12)(NC(=O)OC1C2CC3CC(C2)CC1C3)C(=O)NCC(NC(=O)CCC(=O)OCOC(=O)CCC(=O)NC(CNC(=O)C(C)(Cc1c[nH]c2ccccc12)NC(=O)OC1C2CC3CC(C2)CC1C3)c1ccccc1)c1ccccc1. The fourth-order valence-corrected chi connectivity index (χ4v) is 16.5. The molecule has 20 nitrogen and oxygen atoms in total. The van der Waals surface area contributed by atoms with Gasteiger partial charge in [0.1, 0.15) is 23.3 Å². The van der Waals surface area contributed by atoms with Crippen LogP contribution < -0.4 is 31.9 Å². The Morgan fingerprint density at radius 1 is 0.462 bits per heavy atom. The monoisotopic (exact) mass is 1240 g/mol. The summed E-state index contributed by atoms with van der Waals surface area (Å²) in [5, 5.41) is 19.6. The van der Waals surface area contributed by atoms with Crippen LogP contribution in [0.3, 0.4) is 0 Å². The lowest BCUT2D eigenvalue weighted by Crippen LogP contribution is -2.60. The molecule has 480 valence electrons. The number of carbonyl (C=O) groups is 8. The van der Waals surface area contributed by atoms with Crippen molar-refractivity contribution in [3.63, 3.8) is 0 Å². The number of hydrogen-bond donors (Lipinski definition) is 8. The van der Waals surface area contributed by atoms with Crippen LogP contribution in [0.25, 0.3) is 21.8 Å². The van der Waals surface area contributed by atoms with Crippen molar-refractivity contribution >= 4 is 69.6 Å². The molecule has 0 aliphatic heterocycles. The second-order valence-electron chi connectivity index (χ2n) is 27.2. The number of esters is 2. The van der Waals surface area contributed by atoms with Gasteiger partial charge in [-0.1, -0.05) is 97.1 Å². The maximum Gasteiger partial charge on any atom is 0.408 e. The normalized spacial score (nSPS) is 25.2. The Labute approximate surface area is 529 Å². The van der Waals surface area contributed by atoms with Crippen molar-refractivity contribution in [3.8, 4) is 0 Å². The number of carbonyl (C=O) groups excluding carboxylic acids is 8. The van der Waals surface area contributed by atoms with Crippen LogP contribution in [-0.2, 0) is 60.6 Å². The minimum atomic E-state index is -1.47. The van der Waals surface area contributed by atoms with E-state index in [1.807, 2.05) is 97.3 Å². The molecule has 14 rings (SSSR count). The summed E-state index contributed by atoms with van der Waals surface area (Å²) >= 11 is 0. The third kappa shape index (κ3) is 14.9. The Morgan fingerprint density at radius 3 is 1.19 bits per heavy atom. The average molecular weight is 1240 g/mol. The van der Waals surface area contributed by atoms with Gasteiger partial charge in [-0.15, -0.1) is 0 Å². The summed E-state index contributed by atoms with van der Waals surface area (Å²) in [6.07, 6.45) is 12.0. The van der Waals surface area contributed by atoms with E-state index in [-0.39, 0.29) is 63.8 Å². The number of nitrogens with one attached hydrogen (secondary N) is 8. The number of amides is 6. The molecule has 4 aromatic carbocycles. The van der Waals surface area contributed by atoms with Crippen LogP contribution in [-0.4, -0.2) is 101 Å². The van der Waals surface area contributed by atoms with Crippen LogP contribution >= 0.6 is 0 Å². The van der Waals surface area contributed by atoms with Crippen molar-refractivity contribution in [2.24, 2.45) is 47.3 Å². The van der Waals surface area contributed by atoms with Gasteiger partial charge in [0.25, 0.3) is 0 Å². The number of aromatic nitrogens is 2. The number of ether oxygens (including phenoxy) is 4. The van der Waals surface area contributed by atoms with Gasteiger partial charge in [-0.3, -0.25) is 28.8 Å². The van der Waals surface area contributed by atoms with Gasteiger partial charge in [-0.25, -0.2) is 9.59 Å². The van der Waals surface area contributed by atoms with Crippen molar-refractivity contribution in [1.82, 2.24) is 41.9 Å². The maximum absolute atomic E-state index is 14.5. The molecule has 0 saturated heterocycles. The first-order valence-electron chi connectivity index (χ1n) is 32.6. The van der Waals surface area contributed by atoms with Crippen LogP contribution in [0.4, 0.5) is 9.59 Å². The predicted molar refractivity (Wildman–Crippen MR) is 338 cm³/mol. The molecule has 0 radical (unpaired) electrons. The van der Waals surface area contributed by atoms with E-state index in [0.29, 0.717) is 58.5 Å². The minimum absolute atomic E-state index is 0.0583. The van der Waals surface area contributed by atoms with E-state index < -0.39 is 77.7 Å². The summed E-state index contributed by atoms with van der Waals surface area (Å²) in [4.78, 5) is 116. The van der Waals surface area contributed by atoms with Crippen LogP contribution in [0.1, 0.15) is 138 Å². The van der Waals surface area contributed by atoms with Crippen LogP contribution in [0.2, 0.25) is 0 Å². The summed E-state index contributed by atoms with van der Waals surface area (Å²) < 4.78 is 22.8. The highest BCUT2D eigenvalue weighted by atomic mass is 16.7. The third-order valence-corrected chi connectivity index (χ3v) is 20.5. The van der Waals surface area contributed by atoms with Crippen molar-refractivity contribution in [3.05, 3.63) is 144 Å². The van der Waals surface area contributed by atoms with Gasteiger partial charge in [0, 0.05) is 73.0 Å². The molecule has 8 aliphatic rings. The Balaban J connectivity index is 0.605. The summed E-state index contributed by atoms with van der Waals surface area (Å²) in [5.41, 5.74) is 1.86. The highest BCUT2D eigenvalue weighted by Crippen LogP contribution is 2.56. The largest absolute Gasteiger partial charge is 0.446 e. The zero-order chi connectivity index (χ0) is 63.2. The third-order valence-electron chi connectivity index (χ3n) is 20.5. The van der Waals surface area contributed by atoms with Gasteiger partial charge in [0.15, 0.2) is 0 Å². The molecule has 6 amide bonds. The molecule has 2 aromatic heterocycles. The van der Waals surface area contributed by atoms with Gasteiger partial charge in [0.05, 0.1) is 24.9 Å². The lowest BCUT2D eigenvalue weighted by atomic mass is 9.55. The van der Waals surface area contributed by atoms with E-state index in [4.69, 9.17) is 18.9 Å². The summed E-state index contributed by atoms with van der Waals surface area (Å²) in [6, 6.07) is 32.1. The van der Waals surface area contributed by atoms with Gasteiger partial charge >= 0.3 is 24.1 Å². The van der Waals surface area contributed by atoms with Gasteiger partial charge in [-0.05, 0) is 160 Å². The lowest BCUT2D eigenvalue weighted by Gasteiger charge is -2.53. The molecule has 8 bridgehead atoms. The van der Waals surface area contributed by atoms with Gasteiger partial charge in [0.2, 0.25) is 30.4 Å². The smallest absolute Gasteiger partial charge is 0.408 e. The second-order valence-corrected chi connectivity index (χ2v) is 27.2. The molecule has 4 atom stereocenters. The van der Waals surface area contributed by atoms with Crippen LogP contribution in [0.15, 0.2) is 122 Å². The first kappa shape index (κ1) is 62.5. The Kier molecular flexibility index (Phi) is 18.8. The van der Waals surface area contributed by atoms with Crippen molar-refractivity contribution in [1.29, 1.82) is 0 Å². The molecule has 2 heterocycles. The number of H-pyrrole nitrogens is 2. The maximum atomic E-state index is 14.5. The molecule has 91 heavy (non-hydrogen) atoms. The molecular formula is C71H84N8O12. The van der Waals surface area contributed by atoms with E-state index in [9.17, 15) is 38.4 Å². The standard InChI is InChI=1S/C71H84N8O12/c1-70(35-52-37-72-56-19-11-9-17-54(52)56,78-68(86)90-64-48-27-42-25-43(29-48)30-49(64)28-42)66(84)74-39-58(46-13-5-3-6-14-46)76-60(80)21-23-62(82)88-41-89-63(83)24-22-61(81)77-59(47-15-7-4-8-16-47)40-75-67(85)71(2,36-53-38-73-57-20-12-10-18-55(53)57)79-69(87)91-65-50-31-44-26-45(33-50)34-51(65)32-44/h3-20,37-38,42-45,48-51,58-59,64-65,72-73H,21-36,39-41H2,1-2H3,(H,74,84)(H,75,85)(H,76,80)(H,77,81)(H,78,86)(H,79,87). The summed E-state index contributed by atoms with van der Waals surface area (Å²) in [6.45, 7) is 2.49. The minimum Gasteiger partial charge on any atom is -0.446 e. The molecule has 0 spiro atoms. The number of para-hydroxylation sites is 2. The average Bonchev–Trinajstić information content (AvgIpc) is 2.50. The summed E-state index contributed by atoms with van der Waals surface area (Å²) in [7, 11) is 0. The Morgan fingerprint density at radius 2 is 0.813 bits per heavy atom. The summed E-state index contributed by atoms with van der Waals surface area (Å²) in [5.74, 6) is 0.466. The number of aromatic amines is 2. The van der Waals surface area contributed by atoms with Gasteiger partial charge in [-0.2, -0.15) is 0 Å². The molecule has 6 aromatic rings. The molecular weight excluding hydrogens is 1160 g/mol. The highest BCUT2D eigenvalue weighted by molar-refractivity contribution is 5.93. The zero-order valence-corrected chi connectivity index (χ0v) is 51.8. The molecule has 8 aliphatic carbocycles. The van der Waals surface area contributed by atoms with E-state index in [2.05, 4.69) is 41.9 Å². The number of fused-ring (bicyclic) bond motifs is 2. The quantitative estimate of drug-likeness (QED) is 0.0143. The second kappa shape index (κ2) is 27.4. The fraction of sp³-hybridized carbons (Fsp3) is 0.493. The molecule has 8 fully saturated rings. The number of rotatable bonds is 26. The van der Waals surface area contributed by atoms with Crippen LogP contribution in [0, 0.1) is 47.3 Å². The van der Waals surface area contributed by atoms with Crippen molar-refractivity contribution < 1.29 is 57.3 Å². The van der Waals surface area contributed by atoms with E-state index in [1.54, 1.807) is 38.1 Å². The Hall–Kier alpha value is -8.68. The molecule has 8 saturated carbocycles. The van der Waals surface area contributed by atoms with Crippen molar-refractivity contribution in [2.45, 2.75) is 152 Å². The number of hydrogen-bond acceptors (Lipinski definition) is 12. The van der Waals surface area contributed by atoms with Gasteiger partial charge < -0.3 is 60.8 Å².